The van der Waals surface area contributed by atoms with Crippen molar-refractivity contribution in [2.75, 3.05) is 0 Å². The Kier molecular flexibility index (Phi) is 3.45. The molecule has 7 heteroatoms. The molecule has 0 atom stereocenters. The van der Waals surface area contributed by atoms with Gasteiger partial charge in [-0.25, -0.2) is 9.97 Å². The Morgan fingerprint density at radius 1 is 1.29 bits per heavy atom. The number of pyridine rings is 1. The number of imidazole rings is 1. The van der Waals surface area contributed by atoms with E-state index < -0.39 is 0 Å². The maximum atomic E-state index is 8.77. The summed E-state index contributed by atoms with van der Waals surface area (Å²) in [5.74, 6) is 1.24. The average Bonchev–Trinajstić information content (AvgIpc) is 2.85. The van der Waals surface area contributed by atoms with Crippen LogP contribution in [0.15, 0.2) is 47.8 Å². The second kappa shape index (κ2) is 5.41. The Bertz CT molecular complexity index is 827. The first-order valence-electron chi connectivity index (χ1n) is 6.24. The van der Waals surface area contributed by atoms with Crippen molar-refractivity contribution in [2.24, 2.45) is 10.9 Å². The van der Waals surface area contributed by atoms with Crippen LogP contribution in [0.2, 0.25) is 5.02 Å². The number of hydrogen-bond acceptors (Lipinski definition) is 4. The fourth-order valence-corrected chi connectivity index (χ4v) is 2.38. The third-order valence-corrected chi connectivity index (χ3v) is 3.34. The summed E-state index contributed by atoms with van der Waals surface area (Å²) in [6.07, 6.45) is 1.85. The fourth-order valence-electron chi connectivity index (χ4n) is 2.17. The third-order valence-electron chi connectivity index (χ3n) is 3.05. The molecule has 3 aromatic rings. The van der Waals surface area contributed by atoms with Crippen LogP contribution >= 0.6 is 11.6 Å². The van der Waals surface area contributed by atoms with Gasteiger partial charge >= 0.3 is 0 Å². The lowest BCUT2D eigenvalue weighted by Crippen LogP contribution is -2.18. The molecule has 1 aromatic carbocycles. The van der Waals surface area contributed by atoms with Crippen LogP contribution in [-0.4, -0.2) is 25.6 Å². The van der Waals surface area contributed by atoms with Gasteiger partial charge in [-0.15, -0.1) is 0 Å². The number of amidine groups is 1. The molecule has 0 bridgehead atoms. The van der Waals surface area contributed by atoms with Crippen molar-refractivity contribution in [1.29, 1.82) is 0 Å². The molecule has 0 amide bonds. The van der Waals surface area contributed by atoms with Gasteiger partial charge in [0.1, 0.15) is 11.7 Å². The molecular weight excluding hydrogens is 290 g/mol. The molecule has 0 radical (unpaired) electrons. The van der Waals surface area contributed by atoms with Crippen LogP contribution in [0.25, 0.3) is 16.9 Å². The minimum absolute atomic E-state index is 0.0682. The zero-order valence-corrected chi connectivity index (χ0v) is 11.7. The van der Waals surface area contributed by atoms with Crippen LogP contribution in [0, 0.1) is 0 Å². The summed E-state index contributed by atoms with van der Waals surface area (Å²) in [6, 6.07) is 11.1. The van der Waals surface area contributed by atoms with Gasteiger partial charge in [-0.2, -0.15) is 0 Å². The predicted molar refractivity (Wildman–Crippen MR) is 81.0 cm³/mol. The number of benzene rings is 1. The molecule has 2 aromatic heterocycles. The Morgan fingerprint density at radius 3 is 2.86 bits per heavy atom. The van der Waals surface area contributed by atoms with E-state index >= 15 is 0 Å². The molecule has 106 valence electrons. The van der Waals surface area contributed by atoms with E-state index in [9.17, 15) is 0 Å². The summed E-state index contributed by atoms with van der Waals surface area (Å²) in [5.41, 5.74) is 7.26. The van der Waals surface area contributed by atoms with E-state index in [0.717, 1.165) is 11.0 Å². The maximum absolute atomic E-state index is 8.77. The van der Waals surface area contributed by atoms with Crippen molar-refractivity contribution in [2.45, 2.75) is 6.42 Å². The van der Waals surface area contributed by atoms with Crippen LogP contribution in [-0.2, 0) is 6.42 Å². The Morgan fingerprint density at radius 2 is 2.10 bits per heavy atom. The smallest absolute Gasteiger partial charge is 0.157 e. The van der Waals surface area contributed by atoms with Crippen molar-refractivity contribution in [3.63, 3.8) is 0 Å². The standard InChI is InChI=1S/C14H12ClN5O/c15-9-4-3-7-17-14(9)20-11-6-2-1-5-10(11)18-13(20)8-12(16)19-21/h1-7,21H,8H2,(H2,16,19). The van der Waals surface area contributed by atoms with E-state index in [2.05, 4.69) is 15.1 Å². The molecule has 3 rings (SSSR count). The van der Waals surface area contributed by atoms with Gasteiger partial charge in [0.25, 0.3) is 0 Å². The minimum Gasteiger partial charge on any atom is -0.409 e. The summed E-state index contributed by atoms with van der Waals surface area (Å²) >= 11 is 6.24. The normalized spacial score (nSPS) is 12.0. The third kappa shape index (κ3) is 2.41. The first-order chi connectivity index (χ1) is 10.2. The number of nitrogens with two attached hydrogens (primary N) is 1. The summed E-state index contributed by atoms with van der Waals surface area (Å²) in [4.78, 5) is 8.82. The van der Waals surface area contributed by atoms with Gasteiger partial charge in [-0.05, 0) is 24.3 Å². The van der Waals surface area contributed by atoms with Crippen molar-refractivity contribution in [1.82, 2.24) is 14.5 Å². The largest absolute Gasteiger partial charge is 0.409 e. The van der Waals surface area contributed by atoms with E-state index in [1.54, 1.807) is 18.3 Å². The molecule has 0 aliphatic rings. The zero-order chi connectivity index (χ0) is 14.8. The molecule has 0 saturated heterocycles. The highest BCUT2D eigenvalue weighted by Crippen LogP contribution is 2.25. The quantitative estimate of drug-likeness (QED) is 0.336. The SMILES string of the molecule is NC(Cc1nc2ccccc2n1-c1ncccc1Cl)=NO. The Hall–Kier alpha value is -2.60. The topological polar surface area (TPSA) is 89.3 Å². The molecule has 21 heavy (non-hydrogen) atoms. The van der Waals surface area contributed by atoms with Crippen molar-refractivity contribution in [3.05, 3.63) is 53.4 Å². The first-order valence-corrected chi connectivity index (χ1v) is 6.62. The predicted octanol–water partition coefficient (Wildman–Crippen LogP) is 2.36. The van der Waals surface area contributed by atoms with Crippen LogP contribution in [0.3, 0.4) is 0 Å². The molecule has 2 heterocycles. The van der Waals surface area contributed by atoms with E-state index in [4.69, 9.17) is 22.5 Å². The zero-order valence-electron chi connectivity index (χ0n) is 10.9. The molecule has 0 fully saturated rings. The molecule has 0 aliphatic heterocycles. The lowest BCUT2D eigenvalue weighted by Gasteiger charge is -2.09. The number of aromatic nitrogens is 3. The second-order valence-corrected chi connectivity index (χ2v) is 4.84. The van der Waals surface area contributed by atoms with E-state index in [0.29, 0.717) is 16.7 Å². The number of oxime groups is 1. The number of halogens is 1. The van der Waals surface area contributed by atoms with E-state index in [1.165, 1.54) is 0 Å². The summed E-state index contributed by atoms with van der Waals surface area (Å²) in [7, 11) is 0. The maximum Gasteiger partial charge on any atom is 0.157 e. The van der Waals surface area contributed by atoms with E-state index in [1.807, 2.05) is 28.8 Å². The molecule has 0 unspecified atom stereocenters. The lowest BCUT2D eigenvalue weighted by atomic mass is 10.3. The highest BCUT2D eigenvalue weighted by atomic mass is 35.5. The average molecular weight is 302 g/mol. The number of hydrogen-bond donors (Lipinski definition) is 2. The summed E-state index contributed by atoms with van der Waals surface area (Å²) in [6.45, 7) is 0. The minimum atomic E-state index is 0.0682. The number of nitrogens with zero attached hydrogens (tertiary/aromatic N) is 4. The van der Waals surface area contributed by atoms with Crippen LogP contribution in [0.4, 0.5) is 0 Å². The molecule has 0 spiro atoms. The first kappa shape index (κ1) is 13.4. The molecule has 0 saturated carbocycles. The Balaban J connectivity index is 2.28. The molecule has 6 nitrogen and oxygen atoms in total. The lowest BCUT2D eigenvalue weighted by molar-refractivity contribution is 0.317. The number of fused-ring (bicyclic) bond motifs is 1. The second-order valence-electron chi connectivity index (χ2n) is 4.43. The molecular formula is C14H12ClN5O. The van der Waals surface area contributed by atoms with Crippen LogP contribution in [0.1, 0.15) is 5.82 Å². The van der Waals surface area contributed by atoms with Gasteiger partial charge < -0.3 is 10.9 Å². The fraction of sp³-hybridized carbons (Fsp3) is 0.0714. The van der Waals surface area contributed by atoms with Crippen LogP contribution < -0.4 is 5.73 Å². The summed E-state index contributed by atoms with van der Waals surface area (Å²) in [5, 5.41) is 12.3. The van der Waals surface area contributed by atoms with Gasteiger partial charge in [-0.3, -0.25) is 4.57 Å². The molecule has 3 N–H and O–H groups in total. The van der Waals surface area contributed by atoms with Gasteiger partial charge in [0.05, 0.1) is 22.5 Å². The van der Waals surface area contributed by atoms with Gasteiger partial charge in [0, 0.05) is 6.20 Å². The molecule has 0 aliphatic carbocycles. The number of rotatable bonds is 3. The van der Waals surface area contributed by atoms with E-state index in [-0.39, 0.29) is 12.3 Å². The van der Waals surface area contributed by atoms with Gasteiger partial charge in [0.15, 0.2) is 5.82 Å². The highest BCUT2D eigenvalue weighted by Gasteiger charge is 2.16. The number of para-hydroxylation sites is 2. The van der Waals surface area contributed by atoms with Gasteiger partial charge in [-0.1, -0.05) is 28.9 Å². The highest BCUT2D eigenvalue weighted by molar-refractivity contribution is 6.32. The van der Waals surface area contributed by atoms with Crippen molar-refractivity contribution in [3.8, 4) is 5.82 Å². The van der Waals surface area contributed by atoms with Crippen molar-refractivity contribution < 1.29 is 5.21 Å². The van der Waals surface area contributed by atoms with Gasteiger partial charge in [0.2, 0.25) is 0 Å². The summed E-state index contributed by atoms with van der Waals surface area (Å²) < 4.78 is 1.82. The van der Waals surface area contributed by atoms with Crippen LogP contribution in [0.5, 0.6) is 0 Å². The monoisotopic (exact) mass is 301 g/mol. The van der Waals surface area contributed by atoms with Crippen molar-refractivity contribution >= 4 is 28.5 Å². The Labute approximate surface area is 125 Å².